The molecule has 100 valence electrons. The highest BCUT2D eigenvalue weighted by Gasteiger charge is 2.17. The SMILES string of the molecule is COc1cccc(-c2nc(C(=O)O)c3ccncn23)c1. The van der Waals surface area contributed by atoms with Gasteiger partial charge >= 0.3 is 5.97 Å². The van der Waals surface area contributed by atoms with E-state index in [0.29, 0.717) is 17.1 Å². The maximum Gasteiger partial charge on any atom is 0.356 e. The zero-order valence-corrected chi connectivity index (χ0v) is 10.6. The molecule has 0 amide bonds. The fraction of sp³-hybridized carbons (Fsp3) is 0.0714. The number of carbonyl (C=O) groups is 1. The molecule has 0 atom stereocenters. The summed E-state index contributed by atoms with van der Waals surface area (Å²) >= 11 is 0. The van der Waals surface area contributed by atoms with Crippen molar-refractivity contribution in [3.05, 3.63) is 48.5 Å². The second kappa shape index (κ2) is 4.65. The van der Waals surface area contributed by atoms with Gasteiger partial charge in [-0.05, 0) is 18.2 Å². The van der Waals surface area contributed by atoms with Crippen LogP contribution in [0.15, 0.2) is 42.9 Å². The van der Waals surface area contributed by atoms with Crippen molar-refractivity contribution in [1.82, 2.24) is 14.4 Å². The molecule has 0 radical (unpaired) electrons. The third-order valence-corrected chi connectivity index (χ3v) is 2.98. The molecule has 3 rings (SSSR count). The molecule has 0 aliphatic heterocycles. The zero-order chi connectivity index (χ0) is 14.1. The number of aromatic nitrogens is 3. The highest BCUT2D eigenvalue weighted by Crippen LogP contribution is 2.25. The van der Waals surface area contributed by atoms with E-state index < -0.39 is 5.97 Å². The van der Waals surface area contributed by atoms with E-state index in [1.165, 1.54) is 0 Å². The van der Waals surface area contributed by atoms with Crippen LogP contribution in [0.5, 0.6) is 5.75 Å². The maximum atomic E-state index is 11.3. The Balaban J connectivity index is 2.28. The fourth-order valence-corrected chi connectivity index (χ4v) is 2.06. The third-order valence-electron chi connectivity index (χ3n) is 2.98. The smallest absolute Gasteiger partial charge is 0.356 e. The number of imidazole rings is 1. The molecule has 6 nitrogen and oxygen atoms in total. The van der Waals surface area contributed by atoms with Gasteiger partial charge in [-0.15, -0.1) is 0 Å². The molecule has 1 aromatic carbocycles. The number of carboxylic acids is 1. The van der Waals surface area contributed by atoms with Crippen LogP contribution in [0.2, 0.25) is 0 Å². The number of hydrogen-bond donors (Lipinski definition) is 1. The van der Waals surface area contributed by atoms with Gasteiger partial charge in [0.15, 0.2) is 5.69 Å². The lowest BCUT2D eigenvalue weighted by molar-refractivity contribution is 0.0693. The van der Waals surface area contributed by atoms with E-state index in [1.54, 1.807) is 36.2 Å². The van der Waals surface area contributed by atoms with Crippen molar-refractivity contribution in [2.75, 3.05) is 7.11 Å². The summed E-state index contributed by atoms with van der Waals surface area (Å²) in [5.74, 6) is 0.132. The van der Waals surface area contributed by atoms with Crippen molar-refractivity contribution >= 4 is 11.5 Å². The quantitative estimate of drug-likeness (QED) is 0.788. The first-order valence-corrected chi connectivity index (χ1v) is 5.90. The fourth-order valence-electron chi connectivity index (χ4n) is 2.06. The average Bonchev–Trinajstić information content (AvgIpc) is 2.87. The first-order valence-electron chi connectivity index (χ1n) is 5.90. The second-order valence-corrected chi connectivity index (χ2v) is 4.16. The van der Waals surface area contributed by atoms with Gasteiger partial charge in [-0.2, -0.15) is 0 Å². The largest absolute Gasteiger partial charge is 0.497 e. The molecule has 6 heteroatoms. The molecule has 1 N–H and O–H groups in total. The van der Waals surface area contributed by atoms with Crippen LogP contribution in [0.1, 0.15) is 10.5 Å². The van der Waals surface area contributed by atoms with Gasteiger partial charge in [-0.25, -0.2) is 14.8 Å². The lowest BCUT2D eigenvalue weighted by atomic mass is 10.2. The van der Waals surface area contributed by atoms with Gasteiger partial charge in [-0.3, -0.25) is 4.40 Å². The molecule has 0 bridgehead atoms. The molecule has 0 saturated carbocycles. The highest BCUT2D eigenvalue weighted by molar-refractivity contribution is 5.94. The lowest BCUT2D eigenvalue weighted by Crippen LogP contribution is -1.97. The standard InChI is InChI=1S/C14H11N3O3/c1-20-10-4-2-3-9(7-10)13-16-12(14(18)19)11-5-6-15-8-17(11)13/h2-8H,1H3,(H,18,19). The monoisotopic (exact) mass is 269 g/mol. The Hall–Kier alpha value is -2.89. The molecule has 0 aliphatic rings. The van der Waals surface area contributed by atoms with Gasteiger partial charge < -0.3 is 9.84 Å². The molecule has 20 heavy (non-hydrogen) atoms. The first-order chi connectivity index (χ1) is 9.70. The maximum absolute atomic E-state index is 11.3. The molecule has 0 aliphatic carbocycles. The number of methoxy groups -OCH3 is 1. The number of nitrogens with zero attached hydrogens (tertiary/aromatic N) is 3. The van der Waals surface area contributed by atoms with Crippen molar-refractivity contribution in [3.63, 3.8) is 0 Å². The Kier molecular flexibility index (Phi) is 2.83. The predicted molar refractivity (Wildman–Crippen MR) is 71.9 cm³/mol. The number of hydrogen-bond acceptors (Lipinski definition) is 4. The summed E-state index contributed by atoms with van der Waals surface area (Å²) in [7, 11) is 1.58. The summed E-state index contributed by atoms with van der Waals surface area (Å²) in [6.07, 6.45) is 3.09. The molecule has 0 unspecified atom stereocenters. The summed E-state index contributed by atoms with van der Waals surface area (Å²) in [5.41, 5.74) is 1.27. The zero-order valence-electron chi connectivity index (χ0n) is 10.6. The van der Waals surface area contributed by atoms with Crippen molar-refractivity contribution < 1.29 is 14.6 Å². The van der Waals surface area contributed by atoms with Gasteiger partial charge in [0.2, 0.25) is 0 Å². The van der Waals surface area contributed by atoms with Crippen LogP contribution in [0.4, 0.5) is 0 Å². The van der Waals surface area contributed by atoms with Gasteiger partial charge in [0.25, 0.3) is 0 Å². The third kappa shape index (κ3) is 1.87. The number of ether oxygens (including phenoxy) is 1. The van der Waals surface area contributed by atoms with E-state index >= 15 is 0 Å². The van der Waals surface area contributed by atoms with Crippen LogP contribution >= 0.6 is 0 Å². The molecule has 0 saturated heterocycles. The minimum atomic E-state index is -1.07. The van der Waals surface area contributed by atoms with Crippen molar-refractivity contribution in [1.29, 1.82) is 0 Å². The van der Waals surface area contributed by atoms with Crippen LogP contribution in [0, 0.1) is 0 Å². The van der Waals surface area contributed by atoms with Crippen molar-refractivity contribution in [2.24, 2.45) is 0 Å². The molecule has 3 aromatic rings. The topological polar surface area (TPSA) is 76.7 Å². The summed E-state index contributed by atoms with van der Waals surface area (Å²) in [5, 5.41) is 9.22. The first kappa shape index (κ1) is 12.2. The van der Waals surface area contributed by atoms with E-state index in [4.69, 9.17) is 4.74 Å². The van der Waals surface area contributed by atoms with Gasteiger partial charge in [-0.1, -0.05) is 12.1 Å². The molecule has 0 spiro atoms. The van der Waals surface area contributed by atoms with E-state index in [9.17, 15) is 9.90 Å². The Morgan fingerprint density at radius 1 is 1.35 bits per heavy atom. The van der Waals surface area contributed by atoms with Gasteiger partial charge in [0.1, 0.15) is 17.9 Å². The predicted octanol–water partition coefficient (Wildman–Crippen LogP) is 2.10. The number of fused-ring (bicyclic) bond motifs is 1. The number of benzene rings is 1. The van der Waals surface area contributed by atoms with Gasteiger partial charge in [0, 0.05) is 11.8 Å². The minimum Gasteiger partial charge on any atom is -0.497 e. The molecule has 2 heterocycles. The Labute approximate surface area is 114 Å². The normalized spacial score (nSPS) is 10.7. The summed E-state index contributed by atoms with van der Waals surface area (Å²) in [4.78, 5) is 19.5. The van der Waals surface area contributed by atoms with Crippen LogP contribution in [0.3, 0.4) is 0 Å². The summed E-state index contributed by atoms with van der Waals surface area (Å²) < 4.78 is 6.82. The molecule has 0 fully saturated rings. The van der Waals surface area contributed by atoms with Crippen molar-refractivity contribution in [3.8, 4) is 17.1 Å². The van der Waals surface area contributed by atoms with Crippen LogP contribution in [0.25, 0.3) is 16.9 Å². The highest BCUT2D eigenvalue weighted by atomic mass is 16.5. The Morgan fingerprint density at radius 3 is 2.95 bits per heavy atom. The van der Waals surface area contributed by atoms with Crippen molar-refractivity contribution in [2.45, 2.75) is 0 Å². The molecular weight excluding hydrogens is 258 g/mol. The minimum absolute atomic E-state index is 0.00483. The van der Waals surface area contributed by atoms with E-state index in [0.717, 1.165) is 5.56 Å². The van der Waals surface area contributed by atoms with Crippen LogP contribution in [-0.2, 0) is 0 Å². The van der Waals surface area contributed by atoms with E-state index in [1.807, 2.05) is 18.2 Å². The molecular formula is C14H11N3O3. The van der Waals surface area contributed by atoms with Gasteiger partial charge in [0.05, 0.1) is 12.6 Å². The second-order valence-electron chi connectivity index (χ2n) is 4.16. The summed E-state index contributed by atoms with van der Waals surface area (Å²) in [6.45, 7) is 0. The lowest BCUT2D eigenvalue weighted by Gasteiger charge is -2.03. The summed E-state index contributed by atoms with van der Waals surface area (Å²) in [6, 6.07) is 8.91. The Bertz CT molecular complexity index is 795. The number of aromatic carboxylic acids is 1. The Morgan fingerprint density at radius 2 is 2.20 bits per heavy atom. The van der Waals surface area contributed by atoms with Crippen LogP contribution < -0.4 is 4.74 Å². The number of carboxylic acid groups (broad SMARTS) is 1. The van der Waals surface area contributed by atoms with E-state index in [2.05, 4.69) is 9.97 Å². The molecule has 2 aromatic heterocycles. The average molecular weight is 269 g/mol. The van der Waals surface area contributed by atoms with Crippen LogP contribution in [-0.4, -0.2) is 32.6 Å². The van der Waals surface area contributed by atoms with E-state index in [-0.39, 0.29) is 5.69 Å². The number of rotatable bonds is 3.